The van der Waals surface area contributed by atoms with E-state index in [1.54, 1.807) is 25.4 Å². The molecule has 3 rings (SSSR count). The van der Waals surface area contributed by atoms with Crippen LogP contribution in [-0.4, -0.2) is 32.6 Å². The molecule has 0 bridgehead atoms. The minimum Gasteiger partial charge on any atom is -0.368 e. The van der Waals surface area contributed by atoms with Gasteiger partial charge in [-0.3, -0.25) is 9.78 Å². The highest BCUT2D eigenvalue weighted by molar-refractivity contribution is 5.90. The molecule has 3 amide bonds. The highest BCUT2D eigenvalue weighted by Crippen LogP contribution is 2.29. The Morgan fingerprint density at radius 1 is 1.36 bits per heavy atom. The lowest BCUT2D eigenvalue weighted by Crippen LogP contribution is -2.58. The van der Waals surface area contributed by atoms with Crippen molar-refractivity contribution in [2.75, 3.05) is 0 Å². The third-order valence-electron chi connectivity index (χ3n) is 4.36. The first-order valence-corrected chi connectivity index (χ1v) is 8.13. The zero-order valence-electron chi connectivity index (χ0n) is 13.9. The second-order valence-electron chi connectivity index (χ2n) is 6.17. The number of pyridine rings is 1. The van der Waals surface area contributed by atoms with Gasteiger partial charge in [-0.1, -0.05) is 18.0 Å². The summed E-state index contributed by atoms with van der Waals surface area (Å²) < 4.78 is 5.20. The van der Waals surface area contributed by atoms with Gasteiger partial charge in [0, 0.05) is 18.0 Å². The van der Waals surface area contributed by atoms with Crippen molar-refractivity contribution < 1.29 is 14.1 Å². The number of carbonyl (C=O) groups excluding carboxylic acids is 2. The van der Waals surface area contributed by atoms with Gasteiger partial charge in [0.25, 0.3) is 0 Å². The quantitative estimate of drug-likeness (QED) is 0.747. The van der Waals surface area contributed by atoms with E-state index in [1.165, 1.54) is 0 Å². The van der Waals surface area contributed by atoms with Crippen LogP contribution in [-0.2, 0) is 4.79 Å². The Balaban J connectivity index is 1.64. The highest BCUT2D eigenvalue weighted by atomic mass is 16.5. The average molecular weight is 344 g/mol. The van der Waals surface area contributed by atoms with E-state index >= 15 is 0 Å². The Kier molecular flexibility index (Phi) is 4.64. The van der Waals surface area contributed by atoms with Crippen LogP contribution in [0.5, 0.6) is 0 Å². The van der Waals surface area contributed by atoms with Gasteiger partial charge >= 0.3 is 6.03 Å². The van der Waals surface area contributed by atoms with Gasteiger partial charge in [-0.05, 0) is 31.9 Å². The molecule has 0 aromatic carbocycles. The zero-order valence-corrected chi connectivity index (χ0v) is 13.9. The molecule has 132 valence electrons. The lowest BCUT2D eigenvalue weighted by Gasteiger charge is -2.27. The normalized spacial score (nSPS) is 17.0. The van der Waals surface area contributed by atoms with Gasteiger partial charge < -0.3 is 20.9 Å². The molecule has 2 aromatic rings. The Bertz CT molecular complexity index is 754. The minimum atomic E-state index is -0.973. The van der Waals surface area contributed by atoms with Gasteiger partial charge in [0.2, 0.25) is 17.6 Å². The molecule has 2 aromatic heterocycles. The average Bonchev–Trinajstić information content (AvgIpc) is 3.25. The number of carbonyl (C=O) groups is 2. The summed E-state index contributed by atoms with van der Waals surface area (Å²) in [6.07, 6.45) is 6.09. The summed E-state index contributed by atoms with van der Waals surface area (Å²) in [5.41, 5.74) is 5.21. The van der Waals surface area contributed by atoms with Crippen molar-refractivity contribution in [2.24, 2.45) is 5.73 Å². The summed E-state index contributed by atoms with van der Waals surface area (Å²) in [7, 11) is 0. The standard InChI is InChI=1S/C16H20N6O3/c1-10(13-20-12(22-25-13)11-5-4-8-18-9-11)19-15(24)21-16(14(17)23)6-2-3-7-16/h4-5,8-10H,2-3,6-7H2,1H3,(H2,17,23)(H2,19,21,24). The fraction of sp³-hybridized carbons (Fsp3) is 0.438. The second-order valence-corrected chi connectivity index (χ2v) is 6.17. The van der Waals surface area contributed by atoms with Crippen LogP contribution in [0.2, 0.25) is 0 Å². The van der Waals surface area contributed by atoms with Crippen LogP contribution in [0, 0.1) is 0 Å². The largest absolute Gasteiger partial charge is 0.368 e. The third-order valence-corrected chi connectivity index (χ3v) is 4.36. The Hall–Kier alpha value is -2.97. The van der Waals surface area contributed by atoms with E-state index in [9.17, 15) is 9.59 Å². The molecule has 0 saturated heterocycles. The second kappa shape index (κ2) is 6.88. The van der Waals surface area contributed by atoms with Gasteiger partial charge in [0.05, 0.1) is 0 Å². The summed E-state index contributed by atoms with van der Waals surface area (Å²) >= 11 is 0. The van der Waals surface area contributed by atoms with E-state index in [0.717, 1.165) is 12.8 Å². The van der Waals surface area contributed by atoms with Crippen LogP contribution in [0.25, 0.3) is 11.4 Å². The number of nitrogens with zero attached hydrogens (tertiary/aromatic N) is 3. The Morgan fingerprint density at radius 3 is 2.76 bits per heavy atom. The lowest BCUT2D eigenvalue weighted by atomic mass is 9.97. The molecule has 1 aliphatic carbocycles. The number of hydrogen-bond acceptors (Lipinski definition) is 6. The maximum Gasteiger partial charge on any atom is 0.316 e. The van der Waals surface area contributed by atoms with Gasteiger partial charge in [-0.25, -0.2) is 4.79 Å². The van der Waals surface area contributed by atoms with Crippen molar-refractivity contribution in [3.05, 3.63) is 30.4 Å². The summed E-state index contributed by atoms with van der Waals surface area (Å²) in [6.45, 7) is 1.71. The van der Waals surface area contributed by atoms with Crippen LogP contribution in [0.15, 0.2) is 29.0 Å². The molecule has 25 heavy (non-hydrogen) atoms. The molecule has 4 N–H and O–H groups in total. The van der Waals surface area contributed by atoms with E-state index in [1.807, 2.05) is 6.07 Å². The topological polar surface area (TPSA) is 136 Å². The molecule has 0 radical (unpaired) electrons. The summed E-state index contributed by atoms with van der Waals surface area (Å²) in [5.74, 6) is 0.138. The fourth-order valence-electron chi connectivity index (χ4n) is 2.95. The molecule has 1 saturated carbocycles. The molecule has 1 aliphatic rings. The first-order chi connectivity index (χ1) is 12.0. The first-order valence-electron chi connectivity index (χ1n) is 8.13. The molecule has 2 heterocycles. The van der Waals surface area contributed by atoms with Crippen molar-refractivity contribution in [1.82, 2.24) is 25.8 Å². The van der Waals surface area contributed by atoms with Crippen LogP contribution in [0.3, 0.4) is 0 Å². The molecule has 9 nitrogen and oxygen atoms in total. The molecule has 0 aliphatic heterocycles. The number of hydrogen-bond donors (Lipinski definition) is 3. The SMILES string of the molecule is CC(NC(=O)NC1(C(N)=O)CCCC1)c1nc(-c2cccnc2)no1. The highest BCUT2D eigenvalue weighted by Gasteiger charge is 2.41. The summed E-state index contributed by atoms with van der Waals surface area (Å²) in [6, 6.07) is 2.56. The molecule has 1 atom stereocenters. The van der Waals surface area contributed by atoms with Crippen molar-refractivity contribution >= 4 is 11.9 Å². The van der Waals surface area contributed by atoms with Crippen molar-refractivity contribution in [1.29, 1.82) is 0 Å². The molecule has 9 heteroatoms. The first kappa shape index (κ1) is 16.9. The maximum absolute atomic E-state index is 12.2. The monoisotopic (exact) mass is 344 g/mol. The number of rotatable bonds is 5. The number of aromatic nitrogens is 3. The van der Waals surface area contributed by atoms with Crippen molar-refractivity contribution in [3.8, 4) is 11.4 Å². The summed E-state index contributed by atoms with van der Waals surface area (Å²) in [4.78, 5) is 32.2. The van der Waals surface area contributed by atoms with Crippen LogP contribution >= 0.6 is 0 Å². The van der Waals surface area contributed by atoms with E-state index in [0.29, 0.717) is 24.2 Å². The molecule has 1 fully saturated rings. The van der Waals surface area contributed by atoms with Gasteiger partial charge in [-0.15, -0.1) is 0 Å². The zero-order chi connectivity index (χ0) is 17.9. The van der Waals surface area contributed by atoms with Gasteiger partial charge in [0.1, 0.15) is 11.6 Å². The van der Waals surface area contributed by atoms with E-state index in [4.69, 9.17) is 10.3 Å². The number of primary amides is 1. The molecular weight excluding hydrogens is 324 g/mol. The maximum atomic E-state index is 12.2. The smallest absolute Gasteiger partial charge is 0.316 e. The number of nitrogens with two attached hydrogens (primary N) is 1. The number of amides is 3. The van der Waals surface area contributed by atoms with Gasteiger partial charge in [0.15, 0.2) is 0 Å². The predicted molar refractivity (Wildman–Crippen MR) is 88.0 cm³/mol. The number of nitrogens with one attached hydrogen (secondary N) is 2. The molecule has 1 unspecified atom stereocenters. The number of urea groups is 1. The van der Waals surface area contributed by atoms with Crippen LogP contribution in [0.1, 0.15) is 44.5 Å². The third kappa shape index (κ3) is 3.59. The van der Waals surface area contributed by atoms with Crippen LogP contribution < -0.4 is 16.4 Å². The predicted octanol–water partition coefficient (Wildman–Crippen LogP) is 1.29. The lowest BCUT2D eigenvalue weighted by molar-refractivity contribution is -0.123. The van der Waals surface area contributed by atoms with Crippen molar-refractivity contribution in [2.45, 2.75) is 44.2 Å². The van der Waals surface area contributed by atoms with E-state index in [-0.39, 0.29) is 5.89 Å². The van der Waals surface area contributed by atoms with Gasteiger partial charge in [-0.2, -0.15) is 4.98 Å². The Morgan fingerprint density at radius 2 is 2.12 bits per heavy atom. The van der Waals surface area contributed by atoms with E-state index in [2.05, 4.69) is 25.8 Å². The molecular formula is C16H20N6O3. The fourth-order valence-corrected chi connectivity index (χ4v) is 2.95. The summed E-state index contributed by atoms with van der Waals surface area (Å²) in [5, 5.41) is 9.29. The van der Waals surface area contributed by atoms with Crippen LogP contribution in [0.4, 0.5) is 4.79 Å². The van der Waals surface area contributed by atoms with Crippen molar-refractivity contribution in [3.63, 3.8) is 0 Å². The Labute approximate surface area is 144 Å². The minimum absolute atomic E-state index is 0.258. The molecule has 0 spiro atoms. The van der Waals surface area contributed by atoms with E-state index < -0.39 is 23.5 Å².